The molecule has 1 aromatic rings. The van der Waals surface area contributed by atoms with Crippen molar-refractivity contribution in [2.45, 2.75) is 64.1 Å². The Morgan fingerprint density at radius 1 is 1.40 bits per heavy atom. The van der Waals surface area contributed by atoms with Gasteiger partial charge in [0.1, 0.15) is 0 Å². The summed E-state index contributed by atoms with van der Waals surface area (Å²) in [6.07, 6.45) is 8.62. The van der Waals surface area contributed by atoms with Crippen LogP contribution in [0.5, 0.6) is 0 Å². The molecule has 1 aliphatic heterocycles. The van der Waals surface area contributed by atoms with E-state index in [1.54, 1.807) is 0 Å². The summed E-state index contributed by atoms with van der Waals surface area (Å²) >= 11 is 0. The summed E-state index contributed by atoms with van der Waals surface area (Å²) in [6, 6.07) is 4.87. The van der Waals surface area contributed by atoms with Crippen LogP contribution in [0.4, 0.5) is 0 Å². The van der Waals surface area contributed by atoms with Gasteiger partial charge in [-0.05, 0) is 37.8 Å². The molecule has 2 aliphatic rings. The fraction of sp³-hybridized carbons (Fsp3) is 0.706. The summed E-state index contributed by atoms with van der Waals surface area (Å²) in [5, 5.41) is 3.77. The van der Waals surface area contributed by atoms with Crippen molar-refractivity contribution < 1.29 is 0 Å². The number of nitrogens with one attached hydrogen (secondary N) is 1. The quantitative estimate of drug-likeness (QED) is 0.918. The third-order valence-electron chi connectivity index (χ3n) is 5.32. The summed E-state index contributed by atoms with van der Waals surface area (Å²) in [5.41, 5.74) is 2.98. The normalized spacial score (nSPS) is 26.2. The van der Waals surface area contributed by atoms with E-state index in [1.807, 2.05) is 12.3 Å². The first-order valence-electron chi connectivity index (χ1n) is 8.12. The molecule has 0 aromatic carbocycles. The predicted molar refractivity (Wildman–Crippen MR) is 82.7 cm³/mol. The highest BCUT2D eigenvalue weighted by atomic mass is 15.3. The topological polar surface area (TPSA) is 28.2 Å². The number of pyridine rings is 1. The van der Waals surface area contributed by atoms with E-state index in [4.69, 9.17) is 0 Å². The zero-order valence-electron chi connectivity index (χ0n) is 12.9. The first kappa shape index (κ1) is 14.0. The lowest BCUT2D eigenvalue weighted by atomic mass is 9.90. The second-order valence-corrected chi connectivity index (χ2v) is 6.57. The van der Waals surface area contributed by atoms with Crippen LogP contribution in [0.1, 0.15) is 50.3 Å². The molecule has 0 amide bonds. The molecule has 3 nitrogen and oxygen atoms in total. The third-order valence-corrected chi connectivity index (χ3v) is 5.32. The van der Waals surface area contributed by atoms with Crippen LogP contribution in [0.3, 0.4) is 0 Å². The molecule has 0 radical (unpaired) electrons. The molecular formula is C17H27N3. The molecule has 1 atom stereocenters. The smallest absolute Gasteiger partial charge is 0.0573 e. The Labute approximate surface area is 122 Å². The van der Waals surface area contributed by atoms with E-state index in [0.29, 0.717) is 11.6 Å². The monoisotopic (exact) mass is 273 g/mol. The van der Waals surface area contributed by atoms with Gasteiger partial charge in [-0.1, -0.05) is 25.8 Å². The van der Waals surface area contributed by atoms with E-state index in [0.717, 1.165) is 13.1 Å². The number of hydrogen-bond donors (Lipinski definition) is 1. The van der Waals surface area contributed by atoms with E-state index in [9.17, 15) is 0 Å². The average Bonchev–Trinajstić information content (AvgIpc) is 2.93. The van der Waals surface area contributed by atoms with Crippen molar-refractivity contribution in [1.29, 1.82) is 0 Å². The molecular weight excluding hydrogens is 246 g/mol. The molecule has 2 fully saturated rings. The lowest BCUT2D eigenvalue weighted by Gasteiger charge is -2.48. The predicted octanol–water partition coefficient (Wildman–Crippen LogP) is 2.89. The van der Waals surface area contributed by atoms with Crippen molar-refractivity contribution >= 4 is 0 Å². The van der Waals surface area contributed by atoms with Gasteiger partial charge in [0.25, 0.3) is 0 Å². The van der Waals surface area contributed by atoms with Crippen LogP contribution in [0.15, 0.2) is 18.3 Å². The zero-order chi connectivity index (χ0) is 14.0. The van der Waals surface area contributed by atoms with Crippen molar-refractivity contribution in [1.82, 2.24) is 15.2 Å². The van der Waals surface area contributed by atoms with Crippen molar-refractivity contribution in [3.05, 3.63) is 29.6 Å². The van der Waals surface area contributed by atoms with Crippen LogP contribution < -0.4 is 5.32 Å². The Bertz CT molecular complexity index is 451. The molecule has 1 aliphatic carbocycles. The number of piperazine rings is 1. The van der Waals surface area contributed by atoms with E-state index in [-0.39, 0.29) is 0 Å². The van der Waals surface area contributed by atoms with E-state index >= 15 is 0 Å². The molecule has 1 saturated carbocycles. The molecule has 3 heteroatoms. The summed E-state index contributed by atoms with van der Waals surface area (Å²) in [7, 11) is 0. The lowest BCUT2D eigenvalue weighted by Crippen LogP contribution is -2.63. The fourth-order valence-electron chi connectivity index (χ4n) is 3.87. The van der Waals surface area contributed by atoms with Crippen LogP contribution in [-0.4, -0.2) is 34.6 Å². The lowest BCUT2D eigenvalue weighted by molar-refractivity contribution is 0.0337. The maximum Gasteiger partial charge on any atom is 0.0573 e. The summed E-state index contributed by atoms with van der Waals surface area (Å²) in [6.45, 7) is 7.83. The minimum absolute atomic E-state index is 0.398. The highest BCUT2D eigenvalue weighted by Crippen LogP contribution is 2.38. The Hall–Kier alpha value is -0.930. The van der Waals surface area contributed by atoms with Gasteiger partial charge in [-0.3, -0.25) is 9.88 Å². The van der Waals surface area contributed by atoms with Gasteiger partial charge in [-0.25, -0.2) is 0 Å². The average molecular weight is 273 g/mol. The first-order valence-corrected chi connectivity index (χ1v) is 8.12. The maximum atomic E-state index is 4.62. The second-order valence-electron chi connectivity index (χ2n) is 6.57. The van der Waals surface area contributed by atoms with E-state index < -0.39 is 0 Å². The SMILES string of the molecule is CCC1CN(Cc2ncccc2C)C2(CCCC2)CN1. The molecule has 1 aromatic heterocycles. The molecule has 1 spiro atoms. The Kier molecular flexibility index (Phi) is 4.08. The molecule has 3 rings (SSSR count). The largest absolute Gasteiger partial charge is 0.311 e. The van der Waals surface area contributed by atoms with Gasteiger partial charge in [-0.2, -0.15) is 0 Å². The van der Waals surface area contributed by atoms with Gasteiger partial charge in [0, 0.05) is 37.4 Å². The number of rotatable bonds is 3. The molecule has 1 saturated heterocycles. The van der Waals surface area contributed by atoms with Crippen molar-refractivity contribution in [3.8, 4) is 0 Å². The third kappa shape index (κ3) is 2.61. The highest BCUT2D eigenvalue weighted by Gasteiger charge is 2.43. The van der Waals surface area contributed by atoms with Crippen LogP contribution in [0, 0.1) is 6.92 Å². The fourth-order valence-corrected chi connectivity index (χ4v) is 3.87. The molecule has 0 bridgehead atoms. The number of hydrogen-bond acceptors (Lipinski definition) is 3. The molecule has 2 heterocycles. The Morgan fingerprint density at radius 2 is 2.20 bits per heavy atom. The van der Waals surface area contributed by atoms with Gasteiger partial charge >= 0.3 is 0 Å². The zero-order valence-corrected chi connectivity index (χ0v) is 12.9. The Balaban J connectivity index is 1.81. The van der Waals surface area contributed by atoms with Gasteiger partial charge in [0.15, 0.2) is 0 Å². The Morgan fingerprint density at radius 3 is 2.90 bits per heavy atom. The molecule has 20 heavy (non-hydrogen) atoms. The van der Waals surface area contributed by atoms with Crippen LogP contribution in [0.25, 0.3) is 0 Å². The minimum Gasteiger partial charge on any atom is -0.311 e. The highest BCUT2D eigenvalue weighted by molar-refractivity contribution is 5.18. The van der Waals surface area contributed by atoms with Crippen LogP contribution >= 0.6 is 0 Å². The summed E-state index contributed by atoms with van der Waals surface area (Å²) in [4.78, 5) is 7.35. The summed E-state index contributed by atoms with van der Waals surface area (Å²) < 4.78 is 0. The van der Waals surface area contributed by atoms with Crippen LogP contribution in [-0.2, 0) is 6.54 Å². The molecule has 1 unspecified atom stereocenters. The van der Waals surface area contributed by atoms with E-state index in [2.05, 4.69) is 35.1 Å². The number of aryl methyl sites for hydroxylation is 1. The van der Waals surface area contributed by atoms with E-state index in [1.165, 1.54) is 49.9 Å². The first-order chi connectivity index (χ1) is 9.73. The molecule has 110 valence electrons. The number of nitrogens with zero attached hydrogens (tertiary/aromatic N) is 2. The van der Waals surface area contributed by atoms with Gasteiger partial charge < -0.3 is 5.32 Å². The second kappa shape index (κ2) is 5.82. The van der Waals surface area contributed by atoms with Gasteiger partial charge in [0.05, 0.1) is 5.69 Å². The van der Waals surface area contributed by atoms with Gasteiger partial charge in [-0.15, -0.1) is 0 Å². The number of aromatic nitrogens is 1. The van der Waals surface area contributed by atoms with Crippen molar-refractivity contribution in [2.24, 2.45) is 0 Å². The molecule has 1 N–H and O–H groups in total. The summed E-state index contributed by atoms with van der Waals surface area (Å²) in [5.74, 6) is 0. The van der Waals surface area contributed by atoms with Crippen molar-refractivity contribution in [3.63, 3.8) is 0 Å². The van der Waals surface area contributed by atoms with Crippen LogP contribution in [0.2, 0.25) is 0 Å². The van der Waals surface area contributed by atoms with Crippen molar-refractivity contribution in [2.75, 3.05) is 13.1 Å². The maximum absolute atomic E-state index is 4.62. The standard InChI is InChI=1S/C17H27N3/c1-3-15-11-20(12-16-14(2)7-6-10-18-16)17(13-19-15)8-4-5-9-17/h6-7,10,15,19H,3-5,8-9,11-13H2,1-2H3. The van der Waals surface area contributed by atoms with Gasteiger partial charge in [0.2, 0.25) is 0 Å². The minimum atomic E-state index is 0.398.